The highest BCUT2D eigenvalue weighted by Gasteiger charge is 1.92. The number of ether oxygens (including phenoxy) is 1. The van der Waals surface area contributed by atoms with E-state index in [4.69, 9.17) is 4.74 Å². The van der Waals surface area contributed by atoms with Crippen molar-refractivity contribution in [2.75, 3.05) is 19.8 Å². The minimum Gasteiger partial charge on any atom is -0.381 e. The maximum absolute atomic E-state index is 9.95. The highest BCUT2D eigenvalue weighted by Crippen LogP contribution is 2.08. The molecular weight excluding hydrogens is 214 g/mol. The van der Waals surface area contributed by atoms with Crippen LogP contribution in [0.25, 0.3) is 0 Å². The molecule has 0 fully saturated rings. The summed E-state index contributed by atoms with van der Waals surface area (Å²) in [6.07, 6.45) is 12.3. The fourth-order valence-corrected chi connectivity index (χ4v) is 1.78. The minimum atomic E-state index is 0.723. The van der Waals surface area contributed by atoms with Gasteiger partial charge in [0.2, 0.25) is 6.41 Å². The number of unbranched alkanes of at least 4 members (excludes halogenated alkanes) is 7. The topological polar surface area (TPSA) is 38.3 Å². The predicted molar refractivity (Wildman–Crippen MR) is 72.1 cm³/mol. The number of carbonyl (C=O) groups excluding carboxylic acids is 1. The number of rotatable bonds is 14. The van der Waals surface area contributed by atoms with Crippen molar-refractivity contribution < 1.29 is 9.53 Å². The second kappa shape index (κ2) is 15.4. The van der Waals surface area contributed by atoms with E-state index in [1.165, 1.54) is 51.4 Å². The first-order valence-corrected chi connectivity index (χ1v) is 7.16. The highest BCUT2D eigenvalue weighted by atomic mass is 16.5. The SMILES string of the molecule is CCCCCCCCCCOCCCNC=O. The molecule has 0 bridgehead atoms. The number of amides is 1. The van der Waals surface area contributed by atoms with Gasteiger partial charge in [-0.3, -0.25) is 4.79 Å². The van der Waals surface area contributed by atoms with Crippen molar-refractivity contribution in [2.45, 2.75) is 64.7 Å². The third-order valence-electron chi connectivity index (χ3n) is 2.84. The molecule has 1 N–H and O–H groups in total. The first-order valence-electron chi connectivity index (χ1n) is 7.16. The zero-order valence-electron chi connectivity index (χ0n) is 11.4. The highest BCUT2D eigenvalue weighted by molar-refractivity contribution is 5.45. The smallest absolute Gasteiger partial charge is 0.207 e. The molecular formula is C14H29NO2. The summed E-state index contributed by atoms with van der Waals surface area (Å²) in [6, 6.07) is 0. The van der Waals surface area contributed by atoms with Crippen LogP contribution in [-0.4, -0.2) is 26.2 Å². The summed E-state index contributed by atoms with van der Waals surface area (Å²) >= 11 is 0. The molecule has 0 atom stereocenters. The van der Waals surface area contributed by atoms with Gasteiger partial charge in [0.25, 0.3) is 0 Å². The van der Waals surface area contributed by atoms with E-state index in [9.17, 15) is 4.79 Å². The zero-order chi connectivity index (χ0) is 12.6. The van der Waals surface area contributed by atoms with Gasteiger partial charge in [-0.15, -0.1) is 0 Å². The van der Waals surface area contributed by atoms with Gasteiger partial charge >= 0.3 is 0 Å². The summed E-state index contributed by atoms with van der Waals surface area (Å²) in [5, 5.41) is 2.62. The molecule has 0 radical (unpaired) electrons. The molecule has 0 aliphatic carbocycles. The number of hydrogen-bond acceptors (Lipinski definition) is 2. The zero-order valence-corrected chi connectivity index (χ0v) is 11.4. The Balaban J connectivity index is 2.87. The van der Waals surface area contributed by atoms with Gasteiger partial charge in [0, 0.05) is 19.8 Å². The summed E-state index contributed by atoms with van der Waals surface area (Å²) in [5.41, 5.74) is 0. The summed E-state index contributed by atoms with van der Waals surface area (Å²) in [5.74, 6) is 0. The molecule has 3 nitrogen and oxygen atoms in total. The van der Waals surface area contributed by atoms with Gasteiger partial charge in [0.05, 0.1) is 0 Å². The van der Waals surface area contributed by atoms with Crippen LogP contribution in [0.5, 0.6) is 0 Å². The molecule has 0 unspecified atom stereocenters. The Morgan fingerprint density at radius 2 is 1.47 bits per heavy atom. The monoisotopic (exact) mass is 243 g/mol. The number of nitrogens with one attached hydrogen (secondary N) is 1. The minimum absolute atomic E-state index is 0.723. The molecule has 3 heteroatoms. The van der Waals surface area contributed by atoms with Crippen LogP contribution in [0, 0.1) is 0 Å². The van der Waals surface area contributed by atoms with Crippen LogP contribution >= 0.6 is 0 Å². The van der Waals surface area contributed by atoms with Crippen molar-refractivity contribution in [2.24, 2.45) is 0 Å². The summed E-state index contributed by atoms with van der Waals surface area (Å²) in [7, 11) is 0. The third kappa shape index (κ3) is 15.4. The molecule has 0 saturated heterocycles. The molecule has 0 rings (SSSR count). The van der Waals surface area contributed by atoms with E-state index in [2.05, 4.69) is 12.2 Å². The second-order valence-corrected chi connectivity index (χ2v) is 4.51. The molecule has 1 amide bonds. The van der Waals surface area contributed by atoms with E-state index in [1.807, 2.05) is 0 Å². The van der Waals surface area contributed by atoms with Crippen LogP contribution in [0.3, 0.4) is 0 Å². The van der Waals surface area contributed by atoms with Crippen molar-refractivity contribution in [3.05, 3.63) is 0 Å². The fourth-order valence-electron chi connectivity index (χ4n) is 1.78. The quantitative estimate of drug-likeness (QED) is 0.375. The van der Waals surface area contributed by atoms with Gasteiger partial charge in [-0.1, -0.05) is 51.9 Å². The van der Waals surface area contributed by atoms with Gasteiger partial charge in [0.15, 0.2) is 0 Å². The molecule has 0 aromatic carbocycles. The Morgan fingerprint density at radius 1 is 0.882 bits per heavy atom. The number of hydrogen-bond donors (Lipinski definition) is 1. The predicted octanol–water partition coefficient (Wildman–Crippen LogP) is 3.28. The van der Waals surface area contributed by atoms with Gasteiger partial charge in [-0.25, -0.2) is 0 Å². The average molecular weight is 243 g/mol. The Kier molecular flexibility index (Phi) is 14.9. The molecule has 102 valence electrons. The first kappa shape index (κ1) is 16.4. The van der Waals surface area contributed by atoms with E-state index in [1.54, 1.807) is 0 Å². The summed E-state index contributed by atoms with van der Waals surface area (Å²) < 4.78 is 5.47. The summed E-state index contributed by atoms with van der Waals surface area (Å²) in [4.78, 5) is 9.95. The van der Waals surface area contributed by atoms with E-state index >= 15 is 0 Å². The lowest BCUT2D eigenvalue weighted by molar-refractivity contribution is -0.109. The Bertz CT molecular complexity index is 151. The lowest BCUT2D eigenvalue weighted by Gasteiger charge is -2.04. The van der Waals surface area contributed by atoms with E-state index in [0.29, 0.717) is 0 Å². The lowest BCUT2D eigenvalue weighted by Crippen LogP contribution is -2.14. The molecule has 0 saturated carbocycles. The van der Waals surface area contributed by atoms with Gasteiger partial charge in [-0.05, 0) is 12.8 Å². The maximum Gasteiger partial charge on any atom is 0.207 e. The third-order valence-corrected chi connectivity index (χ3v) is 2.84. The molecule has 0 aliphatic heterocycles. The second-order valence-electron chi connectivity index (χ2n) is 4.51. The van der Waals surface area contributed by atoms with Crippen LogP contribution in [0.4, 0.5) is 0 Å². The first-order chi connectivity index (χ1) is 8.41. The Labute approximate surface area is 106 Å². The van der Waals surface area contributed by atoms with Crippen molar-refractivity contribution >= 4 is 6.41 Å². The van der Waals surface area contributed by atoms with Crippen molar-refractivity contribution in [3.63, 3.8) is 0 Å². The van der Waals surface area contributed by atoms with Gasteiger partial charge in [-0.2, -0.15) is 0 Å². The summed E-state index contributed by atoms with van der Waals surface area (Å²) in [6.45, 7) is 4.61. The molecule has 0 heterocycles. The average Bonchev–Trinajstić information content (AvgIpc) is 2.35. The van der Waals surface area contributed by atoms with Crippen molar-refractivity contribution in [3.8, 4) is 0 Å². The van der Waals surface area contributed by atoms with Gasteiger partial charge < -0.3 is 10.1 Å². The largest absolute Gasteiger partial charge is 0.381 e. The van der Waals surface area contributed by atoms with E-state index in [0.717, 1.165) is 32.6 Å². The molecule has 0 aromatic heterocycles. The number of carbonyl (C=O) groups is 1. The Morgan fingerprint density at radius 3 is 2.12 bits per heavy atom. The maximum atomic E-state index is 9.95. The van der Waals surface area contributed by atoms with Crippen LogP contribution in [0.1, 0.15) is 64.7 Å². The van der Waals surface area contributed by atoms with Crippen molar-refractivity contribution in [1.82, 2.24) is 5.32 Å². The fraction of sp³-hybridized carbons (Fsp3) is 0.929. The van der Waals surface area contributed by atoms with Crippen LogP contribution in [0.15, 0.2) is 0 Å². The van der Waals surface area contributed by atoms with Crippen molar-refractivity contribution in [1.29, 1.82) is 0 Å². The van der Waals surface area contributed by atoms with Crippen LogP contribution in [-0.2, 0) is 9.53 Å². The Hall–Kier alpha value is -0.570. The normalized spacial score (nSPS) is 10.4. The molecule has 0 spiro atoms. The van der Waals surface area contributed by atoms with Crippen LogP contribution in [0.2, 0.25) is 0 Å². The lowest BCUT2D eigenvalue weighted by atomic mass is 10.1. The van der Waals surface area contributed by atoms with Crippen LogP contribution < -0.4 is 5.32 Å². The standard InChI is InChI=1S/C14H29NO2/c1-2-3-4-5-6-7-8-9-12-17-13-10-11-15-14-16/h14H,2-13H2,1H3,(H,15,16). The van der Waals surface area contributed by atoms with Gasteiger partial charge in [0.1, 0.15) is 0 Å². The molecule has 0 aliphatic rings. The van der Waals surface area contributed by atoms with E-state index in [-0.39, 0.29) is 0 Å². The molecule has 0 aromatic rings. The van der Waals surface area contributed by atoms with E-state index < -0.39 is 0 Å². The molecule has 17 heavy (non-hydrogen) atoms.